The second-order valence-electron chi connectivity index (χ2n) is 4.76. The van der Waals surface area contributed by atoms with Gasteiger partial charge in [0.05, 0.1) is 17.4 Å². The molecule has 0 bridgehead atoms. The minimum atomic E-state index is 0.750. The van der Waals surface area contributed by atoms with Crippen molar-refractivity contribution in [2.75, 3.05) is 0 Å². The second-order valence-corrected chi connectivity index (χ2v) is 5.19. The lowest BCUT2D eigenvalue weighted by molar-refractivity contribution is 0.975. The number of rotatable bonds is 1. The summed E-state index contributed by atoms with van der Waals surface area (Å²) in [5, 5.41) is 7.49. The normalized spacial score (nSPS) is 11.2. The van der Waals surface area contributed by atoms with E-state index in [-0.39, 0.29) is 0 Å². The van der Waals surface area contributed by atoms with Crippen LogP contribution in [0.15, 0.2) is 66.9 Å². The van der Waals surface area contributed by atoms with E-state index >= 15 is 0 Å². The van der Waals surface area contributed by atoms with Crippen LogP contribution in [0.2, 0.25) is 5.02 Å². The molecule has 3 heteroatoms. The van der Waals surface area contributed by atoms with Crippen LogP contribution in [0, 0.1) is 0 Å². The van der Waals surface area contributed by atoms with Gasteiger partial charge in [0.15, 0.2) is 0 Å². The summed E-state index contributed by atoms with van der Waals surface area (Å²) >= 11 is 6.12. The molecule has 96 valence electrons. The van der Waals surface area contributed by atoms with Crippen LogP contribution in [-0.2, 0) is 0 Å². The summed E-state index contributed by atoms with van der Waals surface area (Å²) in [5.74, 6) is 0. The molecule has 0 saturated carbocycles. The Labute approximate surface area is 121 Å². The van der Waals surface area contributed by atoms with E-state index in [0.717, 1.165) is 32.6 Å². The number of benzene rings is 2. The first kappa shape index (κ1) is 11.5. The first-order chi connectivity index (χ1) is 9.83. The van der Waals surface area contributed by atoms with Crippen LogP contribution in [-0.4, -0.2) is 9.61 Å². The summed E-state index contributed by atoms with van der Waals surface area (Å²) in [6.07, 6.45) is 1.83. The highest BCUT2D eigenvalue weighted by molar-refractivity contribution is 6.31. The van der Waals surface area contributed by atoms with Gasteiger partial charge in [-0.2, -0.15) is 5.10 Å². The van der Waals surface area contributed by atoms with Crippen LogP contribution < -0.4 is 0 Å². The first-order valence-corrected chi connectivity index (χ1v) is 6.82. The molecule has 2 nitrogen and oxygen atoms in total. The molecular weight excluding hydrogens is 268 g/mol. The number of aromatic nitrogens is 2. The van der Waals surface area contributed by atoms with Crippen LogP contribution in [0.3, 0.4) is 0 Å². The summed E-state index contributed by atoms with van der Waals surface area (Å²) in [5.41, 5.74) is 3.31. The van der Waals surface area contributed by atoms with Gasteiger partial charge in [-0.1, -0.05) is 48.0 Å². The van der Waals surface area contributed by atoms with Crippen molar-refractivity contribution < 1.29 is 0 Å². The highest BCUT2D eigenvalue weighted by Crippen LogP contribution is 2.29. The Hall–Kier alpha value is -2.32. The maximum atomic E-state index is 6.12. The van der Waals surface area contributed by atoms with Crippen molar-refractivity contribution in [2.45, 2.75) is 0 Å². The Morgan fingerprint density at radius 1 is 0.900 bits per heavy atom. The van der Waals surface area contributed by atoms with Crippen LogP contribution in [0.5, 0.6) is 0 Å². The Morgan fingerprint density at radius 3 is 2.60 bits per heavy atom. The lowest BCUT2D eigenvalue weighted by Gasteiger charge is -2.09. The molecule has 0 radical (unpaired) electrons. The van der Waals surface area contributed by atoms with Crippen molar-refractivity contribution >= 4 is 27.9 Å². The monoisotopic (exact) mass is 278 g/mol. The molecule has 0 saturated heterocycles. The summed E-state index contributed by atoms with van der Waals surface area (Å²) < 4.78 is 1.98. The number of hydrogen-bond acceptors (Lipinski definition) is 1. The maximum Gasteiger partial charge on any atom is 0.0747 e. The molecule has 0 unspecified atom stereocenters. The van der Waals surface area contributed by atoms with Gasteiger partial charge in [0.25, 0.3) is 0 Å². The Morgan fingerprint density at radius 2 is 1.75 bits per heavy atom. The van der Waals surface area contributed by atoms with Gasteiger partial charge in [-0.25, -0.2) is 4.52 Å². The molecular formula is C17H11ClN2. The summed E-state index contributed by atoms with van der Waals surface area (Å²) in [4.78, 5) is 0. The van der Waals surface area contributed by atoms with Gasteiger partial charge in [-0.05, 0) is 29.7 Å². The molecule has 0 aliphatic carbocycles. The van der Waals surface area contributed by atoms with Gasteiger partial charge >= 0.3 is 0 Å². The third kappa shape index (κ3) is 1.69. The van der Waals surface area contributed by atoms with Gasteiger partial charge in [0, 0.05) is 16.0 Å². The molecule has 0 N–H and O–H groups in total. The van der Waals surface area contributed by atoms with Crippen molar-refractivity contribution in [3.63, 3.8) is 0 Å². The molecule has 2 heterocycles. The maximum absolute atomic E-state index is 6.12. The number of halogens is 1. The average Bonchev–Trinajstić information content (AvgIpc) is 2.96. The van der Waals surface area contributed by atoms with E-state index in [0.29, 0.717) is 0 Å². The van der Waals surface area contributed by atoms with Gasteiger partial charge in [-0.15, -0.1) is 0 Å². The molecule has 4 aromatic rings. The van der Waals surface area contributed by atoms with E-state index in [2.05, 4.69) is 23.3 Å². The quantitative estimate of drug-likeness (QED) is 0.488. The highest BCUT2D eigenvalue weighted by Gasteiger charge is 2.09. The van der Waals surface area contributed by atoms with Gasteiger partial charge in [0.2, 0.25) is 0 Å². The van der Waals surface area contributed by atoms with E-state index in [1.54, 1.807) is 0 Å². The third-order valence-corrected chi connectivity index (χ3v) is 3.76. The van der Waals surface area contributed by atoms with Gasteiger partial charge < -0.3 is 0 Å². The van der Waals surface area contributed by atoms with Crippen molar-refractivity contribution in [3.05, 3.63) is 71.9 Å². The van der Waals surface area contributed by atoms with Crippen molar-refractivity contribution in [3.8, 4) is 11.3 Å². The standard InChI is InChI=1S/C17H11ClN2/c18-14-6-7-15-13(10-14)11-17(12-4-2-1-3-5-12)20-16(15)8-9-19-20/h1-11H. The van der Waals surface area contributed by atoms with Crippen LogP contribution >= 0.6 is 11.6 Å². The van der Waals surface area contributed by atoms with Gasteiger partial charge in [0.1, 0.15) is 0 Å². The molecule has 0 atom stereocenters. The predicted molar refractivity (Wildman–Crippen MR) is 83.1 cm³/mol. The molecule has 0 spiro atoms. The molecule has 2 aromatic heterocycles. The third-order valence-electron chi connectivity index (χ3n) is 3.52. The Kier molecular flexibility index (Phi) is 2.51. The number of fused-ring (bicyclic) bond motifs is 3. The number of hydrogen-bond donors (Lipinski definition) is 0. The fourth-order valence-corrected chi connectivity index (χ4v) is 2.79. The fraction of sp³-hybridized carbons (Fsp3) is 0. The topological polar surface area (TPSA) is 17.3 Å². The number of nitrogens with zero attached hydrogens (tertiary/aromatic N) is 2. The van der Waals surface area contributed by atoms with Gasteiger partial charge in [-0.3, -0.25) is 0 Å². The lowest BCUT2D eigenvalue weighted by Crippen LogP contribution is -1.94. The molecule has 20 heavy (non-hydrogen) atoms. The highest BCUT2D eigenvalue weighted by atomic mass is 35.5. The van der Waals surface area contributed by atoms with E-state index in [4.69, 9.17) is 11.6 Å². The summed E-state index contributed by atoms with van der Waals surface area (Å²) in [6, 6.07) is 20.4. The summed E-state index contributed by atoms with van der Waals surface area (Å²) in [6.45, 7) is 0. The van der Waals surface area contributed by atoms with E-state index < -0.39 is 0 Å². The molecule has 0 fully saturated rings. The zero-order valence-electron chi connectivity index (χ0n) is 10.6. The molecule has 2 aromatic carbocycles. The van der Waals surface area contributed by atoms with Crippen molar-refractivity contribution in [2.24, 2.45) is 0 Å². The Bertz CT molecular complexity index is 910. The summed E-state index contributed by atoms with van der Waals surface area (Å²) in [7, 11) is 0. The Balaban J connectivity index is 2.16. The molecule has 0 aliphatic heterocycles. The largest absolute Gasteiger partial charge is 0.232 e. The fourth-order valence-electron chi connectivity index (χ4n) is 2.61. The van der Waals surface area contributed by atoms with Crippen molar-refractivity contribution in [1.29, 1.82) is 0 Å². The minimum Gasteiger partial charge on any atom is -0.232 e. The lowest BCUT2D eigenvalue weighted by atomic mass is 10.1. The number of pyridine rings is 1. The SMILES string of the molecule is Clc1ccc2c(c1)cc(-c1ccccc1)n1nccc21. The van der Waals surface area contributed by atoms with E-state index in [1.807, 2.05) is 53.2 Å². The smallest absolute Gasteiger partial charge is 0.0747 e. The van der Waals surface area contributed by atoms with Crippen molar-refractivity contribution in [1.82, 2.24) is 9.61 Å². The second kappa shape index (κ2) is 4.36. The van der Waals surface area contributed by atoms with E-state index in [9.17, 15) is 0 Å². The van der Waals surface area contributed by atoms with Crippen LogP contribution in [0.25, 0.3) is 27.5 Å². The molecule has 4 rings (SSSR count). The predicted octanol–water partition coefficient (Wildman–Crippen LogP) is 4.81. The van der Waals surface area contributed by atoms with Crippen LogP contribution in [0.4, 0.5) is 0 Å². The first-order valence-electron chi connectivity index (χ1n) is 6.44. The minimum absolute atomic E-state index is 0.750. The zero-order valence-corrected chi connectivity index (χ0v) is 11.4. The zero-order chi connectivity index (χ0) is 13.5. The molecule has 0 aliphatic rings. The van der Waals surface area contributed by atoms with Crippen LogP contribution in [0.1, 0.15) is 0 Å². The molecule has 0 amide bonds. The van der Waals surface area contributed by atoms with E-state index in [1.165, 1.54) is 0 Å². The average molecular weight is 279 g/mol.